The summed E-state index contributed by atoms with van der Waals surface area (Å²) in [4.78, 5) is 0. The van der Waals surface area contributed by atoms with Gasteiger partial charge in [-0.2, -0.15) is 0 Å². The highest BCUT2D eigenvalue weighted by atomic mass is 79.9. The zero-order chi connectivity index (χ0) is 15.4. The highest BCUT2D eigenvalue weighted by Crippen LogP contribution is 2.44. The van der Waals surface area contributed by atoms with Gasteiger partial charge < -0.3 is 14.0 Å². The summed E-state index contributed by atoms with van der Waals surface area (Å²) in [7, 11) is 1.31. The minimum absolute atomic E-state index is 0.338. The number of ether oxygens (including phenoxy) is 1. The van der Waals surface area contributed by atoms with Crippen LogP contribution in [0, 0.1) is 0 Å². The summed E-state index contributed by atoms with van der Waals surface area (Å²) in [6, 6.07) is 4.22. The molecule has 1 aromatic rings. The fraction of sp³-hybridized carbons (Fsp3) is 0.625. The molecule has 3 rings (SSSR count). The lowest BCUT2D eigenvalue weighted by molar-refractivity contribution is 0.00578. The van der Waals surface area contributed by atoms with Crippen molar-refractivity contribution in [2.75, 3.05) is 7.11 Å². The minimum Gasteiger partial charge on any atom is -0.497 e. The number of benzene rings is 1. The van der Waals surface area contributed by atoms with Crippen molar-refractivity contribution in [3.8, 4) is 5.75 Å². The predicted octanol–water partition coefficient (Wildman–Crippen LogP) is 3.63. The van der Waals surface area contributed by atoms with Gasteiger partial charge in [-0.15, -0.1) is 0 Å². The van der Waals surface area contributed by atoms with Crippen LogP contribution < -0.4 is 10.2 Å². The van der Waals surface area contributed by atoms with Crippen molar-refractivity contribution in [2.45, 2.75) is 57.7 Å². The second kappa shape index (κ2) is 5.00. The van der Waals surface area contributed by atoms with Crippen LogP contribution in [0.25, 0.3) is 0 Å². The summed E-state index contributed by atoms with van der Waals surface area (Å²) in [6.45, 7) is 8.28. The molecule has 0 unspecified atom stereocenters. The van der Waals surface area contributed by atoms with E-state index < -0.39 is 0 Å². The summed E-state index contributed by atoms with van der Waals surface area (Å²) in [5, 5.41) is 0. The number of rotatable bonds is 3. The average Bonchev–Trinajstić information content (AvgIpc) is 3.17. The number of halogens is 1. The van der Waals surface area contributed by atoms with E-state index in [9.17, 15) is 0 Å². The van der Waals surface area contributed by atoms with Gasteiger partial charge in [0.15, 0.2) is 0 Å². The van der Waals surface area contributed by atoms with E-state index in [-0.39, 0.29) is 18.3 Å². The first-order valence-electron chi connectivity index (χ1n) is 7.48. The molecule has 0 atom stereocenters. The zero-order valence-corrected chi connectivity index (χ0v) is 14.9. The lowest BCUT2D eigenvalue weighted by atomic mass is 9.77. The van der Waals surface area contributed by atoms with Gasteiger partial charge in [0.25, 0.3) is 0 Å². The Morgan fingerprint density at radius 2 is 1.71 bits per heavy atom. The van der Waals surface area contributed by atoms with Crippen LogP contribution in [0.3, 0.4) is 0 Å². The molecule has 2 aliphatic rings. The second-order valence-corrected chi connectivity index (χ2v) is 7.83. The van der Waals surface area contributed by atoms with E-state index in [4.69, 9.17) is 14.0 Å². The highest BCUT2D eigenvalue weighted by molar-refractivity contribution is 9.10. The van der Waals surface area contributed by atoms with Crippen LogP contribution in [0.15, 0.2) is 16.6 Å². The molecule has 0 radical (unpaired) electrons. The van der Waals surface area contributed by atoms with Gasteiger partial charge in [0, 0.05) is 9.94 Å². The van der Waals surface area contributed by atoms with Gasteiger partial charge in [-0.1, -0.05) is 22.0 Å². The third kappa shape index (κ3) is 2.64. The average molecular weight is 353 g/mol. The van der Waals surface area contributed by atoms with Gasteiger partial charge in [0.2, 0.25) is 0 Å². The number of hydrogen-bond acceptors (Lipinski definition) is 3. The van der Waals surface area contributed by atoms with Crippen molar-refractivity contribution in [3.63, 3.8) is 0 Å². The molecule has 2 fully saturated rings. The first kappa shape index (κ1) is 15.4. The summed E-state index contributed by atoms with van der Waals surface area (Å²) in [5.41, 5.74) is 1.65. The Kier molecular flexibility index (Phi) is 3.66. The molecule has 1 saturated carbocycles. The standard InChI is InChI=1S/C16H22BBrO3/c1-15(2)16(3,4)21-17(20-15)12-8-11(10-6-7-10)13(18)9-14(12)19-5/h8-10H,6-7H2,1-5H3. The van der Waals surface area contributed by atoms with Crippen LogP contribution in [0.1, 0.15) is 52.0 Å². The molecule has 21 heavy (non-hydrogen) atoms. The lowest BCUT2D eigenvalue weighted by Gasteiger charge is -2.32. The molecule has 1 aliphatic carbocycles. The fourth-order valence-corrected chi connectivity index (χ4v) is 3.27. The van der Waals surface area contributed by atoms with Crippen LogP contribution in [0.2, 0.25) is 0 Å². The summed E-state index contributed by atoms with van der Waals surface area (Å²) in [6.07, 6.45) is 2.52. The van der Waals surface area contributed by atoms with Gasteiger partial charge >= 0.3 is 7.12 Å². The maximum absolute atomic E-state index is 6.17. The van der Waals surface area contributed by atoms with Crippen molar-refractivity contribution >= 4 is 28.5 Å². The second-order valence-electron chi connectivity index (χ2n) is 6.98. The first-order chi connectivity index (χ1) is 9.75. The summed E-state index contributed by atoms with van der Waals surface area (Å²) < 4.78 is 19.0. The Morgan fingerprint density at radius 1 is 1.14 bits per heavy atom. The summed E-state index contributed by atoms with van der Waals surface area (Å²) >= 11 is 3.65. The van der Waals surface area contributed by atoms with Crippen molar-refractivity contribution < 1.29 is 14.0 Å². The molecule has 0 aromatic heterocycles. The molecule has 5 heteroatoms. The van der Waals surface area contributed by atoms with Crippen LogP contribution in [0.5, 0.6) is 5.75 Å². The first-order valence-corrected chi connectivity index (χ1v) is 8.27. The van der Waals surface area contributed by atoms with Gasteiger partial charge in [0.05, 0.1) is 18.3 Å². The molecule has 0 amide bonds. The molecule has 1 aromatic carbocycles. The van der Waals surface area contributed by atoms with E-state index in [0.29, 0.717) is 5.92 Å². The lowest BCUT2D eigenvalue weighted by Crippen LogP contribution is -2.41. The van der Waals surface area contributed by atoms with Crippen LogP contribution in [-0.4, -0.2) is 25.4 Å². The quantitative estimate of drug-likeness (QED) is 0.777. The molecule has 114 valence electrons. The van der Waals surface area contributed by atoms with E-state index in [2.05, 4.69) is 49.7 Å². The van der Waals surface area contributed by atoms with E-state index in [1.165, 1.54) is 18.4 Å². The number of methoxy groups -OCH3 is 1. The molecule has 0 N–H and O–H groups in total. The highest BCUT2D eigenvalue weighted by Gasteiger charge is 2.52. The van der Waals surface area contributed by atoms with Gasteiger partial charge in [-0.25, -0.2) is 0 Å². The third-order valence-electron chi connectivity index (χ3n) is 4.87. The Hall–Kier alpha value is -0.515. The molecule has 1 saturated heterocycles. The van der Waals surface area contributed by atoms with E-state index >= 15 is 0 Å². The monoisotopic (exact) mass is 352 g/mol. The van der Waals surface area contributed by atoms with Gasteiger partial charge in [-0.05, 0) is 58.1 Å². The van der Waals surface area contributed by atoms with Gasteiger partial charge in [-0.3, -0.25) is 0 Å². The fourth-order valence-electron chi connectivity index (χ4n) is 2.63. The minimum atomic E-state index is -0.379. The van der Waals surface area contributed by atoms with Crippen molar-refractivity contribution in [1.29, 1.82) is 0 Å². The molecular weight excluding hydrogens is 331 g/mol. The third-order valence-corrected chi connectivity index (χ3v) is 5.56. The van der Waals surface area contributed by atoms with Gasteiger partial charge in [0.1, 0.15) is 5.75 Å². The van der Waals surface area contributed by atoms with Crippen molar-refractivity contribution in [2.24, 2.45) is 0 Å². The topological polar surface area (TPSA) is 27.7 Å². The van der Waals surface area contributed by atoms with Crippen molar-refractivity contribution in [1.82, 2.24) is 0 Å². The molecule has 3 nitrogen and oxygen atoms in total. The summed E-state index contributed by atoms with van der Waals surface area (Å²) in [5.74, 6) is 1.47. The number of hydrogen-bond donors (Lipinski definition) is 0. The molecule has 0 spiro atoms. The van der Waals surface area contributed by atoms with Crippen LogP contribution in [-0.2, 0) is 9.31 Å². The molecule has 1 aliphatic heterocycles. The Morgan fingerprint density at radius 3 is 2.19 bits per heavy atom. The molecular formula is C16H22BBrO3. The Labute approximate surface area is 135 Å². The Balaban J connectivity index is 2.00. The zero-order valence-electron chi connectivity index (χ0n) is 13.3. The Bertz CT molecular complexity index is 551. The molecule has 0 bridgehead atoms. The predicted molar refractivity (Wildman–Crippen MR) is 88.4 cm³/mol. The van der Waals surface area contributed by atoms with E-state index in [0.717, 1.165) is 15.7 Å². The van der Waals surface area contributed by atoms with Crippen LogP contribution in [0.4, 0.5) is 0 Å². The normalized spacial score (nSPS) is 23.4. The molecule has 1 heterocycles. The van der Waals surface area contributed by atoms with Crippen LogP contribution >= 0.6 is 15.9 Å². The van der Waals surface area contributed by atoms with E-state index in [1.807, 2.05) is 6.07 Å². The maximum atomic E-state index is 6.17. The largest absolute Gasteiger partial charge is 0.498 e. The smallest absolute Gasteiger partial charge is 0.497 e. The van der Waals surface area contributed by atoms with Crippen molar-refractivity contribution in [3.05, 3.63) is 22.2 Å². The van der Waals surface area contributed by atoms with E-state index in [1.54, 1.807) is 7.11 Å². The maximum Gasteiger partial charge on any atom is 0.498 e. The SMILES string of the molecule is COc1cc(Br)c(C2CC2)cc1B1OC(C)(C)C(C)(C)O1.